The van der Waals surface area contributed by atoms with E-state index in [2.05, 4.69) is 0 Å². The zero-order chi connectivity index (χ0) is 3.58. The average Bonchev–Trinajstić information content (AvgIpc) is 0.811. The first-order valence-corrected chi connectivity index (χ1v) is 0.567. The zero-order valence-electron chi connectivity index (χ0n) is 2.72. The Bertz CT molecular complexity index is 15.5. The average molecular weight is 129 g/mol. The molecule has 0 aliphatic rings. The van der Waals surface area contributed by atoms with Crippen LogP contribution in [0.5, 0.6) is 0 Å². The minimum Gasteiger partial charge on any atom is -1.00 e. The first-order chi connectivity index (χ1) is 1.73. The summed E-state index contributed by atoms with van der Waals surface area (Å²) < 4.78 is 28.8. The van der Waals surface area contributed by atoms with Crippen LogP contribution < -0.4 is 12.4 Å². The van der Waals surface area contributed by atoms with E-state index in [0.717, 1.165) is 0 Å². The Kier molecular flexibility index (Phi) is 24.5. The van der Waals surface area contributed by atoms with Crippen LogP contribution in [0.15, 0.2) is 0 Å². The van der Waals surface area contributed by atoms with Gasteiger partial charge in [-0.3, -0.25) is 0 Å². The van der Waals surface area contributed by atoms with Gasteiger partial charge in [0, 0.05) is 0 Å². The SMILES string of the molecule is F[C-](F)F.[Cl-].[Mg+2]. The molecular formula is CClF3Mg. The molecule has 0 aliphatic carbocycles. The number of hydrogen-bond acceptors (Lipinski definition) is 0. The van der Waals surface area contributed by atoms with E-state index < -0.39 is 6.68 Å². The van der Waals surface area contributed by atoms with Crippen LogP contribution >= 0.6 is 0 Å². The van der Waals surface area contributed by atoms with Crippen molar-refractivity contribution in [1.82, 2.24) is 0 Å². The minimum absolute atomic E-state index is 0. The fourth-order valence-corrected chi connectivity index (χ4v) is 0. The standard InChI is InChI=1S/CF3.ClH.Mg/c2-1(3)4;;/h;1H;/q-1;;+2/p-1. The maximum Gasteiger partial charge on any atom is 2.00 e. The van der Waals surface area contributed by atoms with Crippen LogP contribution in [0.3, 0.4) is 0 Å². The summed E-state index contributed by atoms with van der Waals surface area (Å²) in [5.41, 5.74) is 0. The fraction of sp³-hybridized carbons (Fsp3) is 0. The van der Waals surface area contributed by atoms with E-state index in [0.29, 0.717) is 0 Å². The molecule has 0 fully saturated rings. The van der Waals surface area contributed by atoms with Gasteiger partial charge in [-0.25, -0.2) is 0 Å². The minimum atomic E-state index is -3.08. The van der Waals surface area contributed by atoms with Gasteiger partial charge in [0.05, 0.1) is 0 Å². The summed E-state index contributed by atoms with van der Waals surface area (Å²) in [5, 5.41) is 0. The quantitative estimate of drug-likeness (QED) is 0.261. The van der Waals surface area contributed by atoms with Crippen LogP contribution in [-0.4, -0.2) is 23.1 Å². The summed E-state index contributed by atoms with van der Waals surface area (Å²) in [4.78, 5) is 0. The molecule has 6 heavy (non-hydrogen) atoms. The van der Waals surface area contributed by atoms with E-state index in [9.17, 15) is 13.2 Å². The number of halogens is 4. The Morgan fingerprint density at radius 1 is 1.00 bits per heavy atom. The Balaban J connectivity index is -0.0000000450. The Morgan fingerprint density at radius 2 is 1.00 bits per heavy atom. The van der Waals surface area contributed by atoms with E-state index in [1.807, 2.05) is 0 Å². The fourth-order valence-electron chi connectivity index (χ4n) is 0. The van der Waals surface area contributed by atoms with Gasteiger partial charge in [0.2, 0.25) is 0 Å². The van der Waals surface area contributed by atoms with Crippen molar-refractivity contribution >= 4 is 23.1 Å². The predicted octanol–water partition coefficient (Wildman–Crippen LogP) is -2.03. The smallest absolute Gasteiger partial charge is 1.00 e. The van der Waals surface area contributed by atoms with Gasteiger partial charge >= 0.3 is 23.1 Å². The first-order valence-electron chi connectivity index (χ1n) is 0.567. The molecule has 0 aromatic heterocycles. The molecule has 0 bridgehead atoms. The van der Waals surface area contributed by atoms with Crippen LogP contribution in [0.25, 0.3) is 0 Å². The van der Waals surface area contributed by atoms with Crippen LogP contribution in [-0.2, 0) is 0 Å². The van der Waals surface area contributed by atoms with Crippen LogP contribution in [0.2, 0.25) is 0 Å². The summed E-state index contributed by atoms with van der Waals surface area (Å²) in [6, 6.07) is 0. The van der Waals surface area contributed by atoms with Crippen molar-refractivity contribution in [2.75, 3.05) is 0 Å². The molecule has 0 spiro atoms. The van der Waals surface area contributed by atoms with Crippen molar-refractivity contribution in [2.45, 2.75) is 0 Å². The summed E-state index contributed by atoms with van der Waals surface area (Å²) in [6.07, 6.45) is 0. The third-order valence-corrected chi connectivity index (χ3v) is 0. The molecule has 34 valence electrons. The molecule has 0 aliphatic heterocycles. The summed E-state index contributed by atoms with van der Waals surface area (Å²) in [7, 11) is 0. The van der Waals surface area contributed by atoms with Gasteiger partial charge in [-0.15, -0.1) is 0 Å². The second kappa shape index (κ2) is 9.28. The normalized spacial score (nSPS) is 6.00. The molecule has 0 aromatic carbocycles. The molecule has 0 radical (unpaired) electrons. The molecule has 0 saturated carbocycles. The Hall–Kier alpha value is 0.846. The van der Waals surface area contributed by atoms with Gasteiger partial charge in [-0.05, 0) is 0 Å². The van der Waals surface area contributed by atoms with Gasteiger partial charge in [0.25, 0.3) is 0 Å². The van der Waals surface area contributed by atoms with E-state index in [4.69, 9.17) is 0 Å². The van der Waals surface area contributed by atoms with Gasteiger partial charge in [0.15, 0.2) is 6.68 Å². The summed E-state index contributed by atoms with van der Waals surface area (Å²) >= 11 is 0. The van der Waals surface area contributed by atoms with E-state index >= 15 is 0 Å². The molecule has 0 saturated heterocycles. The zero-order valence-corrected chi connectivity index (χ0v) is 4.89. The van der Waals surface area contributed by atoms with Crippen LogP contribution in [0.1, 0.15) is 0 Å². The third kappa shape index (κ3) is 100. The van der Waals surface area contributed by atoms with Crippen molar-refractivity contribution in [3.8, 4) is 0 Å². The van der Waals surface area contributed by atoms with E-state index in [-0.39, 0.29) is 35.5 Å². The predicted molar refractivity (Wildman–Crippen MR) is 12.3 cm³/mol. The van der Waals surface area contributed by atoms with Gasteiger partial charge in [-0.1, -0.05) is 0 Å². The maximum atomic E-state index is 9.58. The molecule has 0 aromatic rings. The van der Waals surface area contributed by atoms with Gasteiger partial charge < -0.3 is 25.6 Å². The number of hydrogen-bond donors (Lipinski definition) is 0. The monoisotopic (exact) mass is 128 g/mol. The van der Waals surface area contributed by atoms with Crippen molar-refractivity contribution in [2.24, 2.45) is 0 Å². The Morgan fingerprint density at radius 3 is 1.00 bits per heavy atom. The maximum absolute atomic E-state index is 9.58. The van der Waals surface area contributed by atoms with Crippen molar-refractivity contribution < 1.29 is 25.6 Å². The molecule has 0 rings (SSSR count). The second-order valence-electron chi connectivity index (χ2n) is 0.214. The molecule has 0 unspecified atom stereocenters. The molecule has 0 heterocycles. The van der Waals surface area contributed by atoms with Gasteiger partial charge in [0.1, 0.15) is 0 Å². The van der Waals surface area contributed by atoms with Crippen molar-refractivity contribution in [3.05, 3.63) is 6.68 Å². The topological polar surface area (TPSA) is 0 Å². The third-order valence-electron chi connectivity index (χ3n) is 0. The van der Waals surface area contributed by atoms with Crippen LogP contribution in [0.4, 0.5) is 13.2 Å². The molecule has 0 amide bonds. The molecule has 0 atom stereocenters. The summed E-state index contributed by atoms with van der Waals surface area (Å²) in [5.74, 6) is 0. The Labute approximate surface area is 55.7 Å². The van der Waals surface area contributed by atoms with Crippen molar-refractivity contribution in [1.29, 1.82) is 0 Å². The van der Waals surface area contributed by atoms with Crippen LogP contribution in [0, 0.1) is 6.68 Å². The second-order valence-corrected chi connectivity index (χ2v) is 0.214. The summed E-state index contributed by atoms with van der Waals surface area (Å²) in [6.45, 7) is -3.08. The molecule has 5 heteroatoms. The largest absolute Gasteiger partial charge is 2.00 e. The van der Waals surface area contributed by atoms with E-state index in [1.165, 1.54) is 0 Å². The van der Waals surface area contributed by atoms with Gasteiger partial charge in [-0.2, -0.15) is 0 Å². The first kappa shape index (κ1) is 15.8. The van der Waals surface area contributed by atoms with E-state index in [1.54, 1.807) is 0 Å². The molecular weight excluding hydrogens is 129 g/mol. The number of rotatable bonds is 0. The molecule has 0 N–H and O–H groups in total. The molecule has 0 nitrogen and oxygen atoms in total. The van der Waals surface area contributed by atoms with Crippen molar-refractivity contribution in [3.63, 3.8) is 0 Å².